The lowest BCUT2D eigenvalue weighted by Gasteiger charge is -2.37. The van der Waals surface area contributed by atoms with Crippen LogP contribution >= 0.6 is 11.6 Å². The Labute approximate surface area is 282 Å². The summed E-state index contributed by atoms with van der Waals surface area (Å²) < 4.78 is 18.1. The van der Waals surface area contributed by atoms with E-state index in [1.165, 1.54) is 10.7 Å². The lowest BCUT2D eigenvalue weighted by Crippen LogP contribution is -2.53. The molecule has 48 heavy (non-hydrogen) atoms. The smallest absolute Gasteiger partial charge is 0.253 e. The van der Waals surface area contributed by atoms with Gasteiger partial charge in [-0.1, -0.05) is 23.7 Å². The molecule has 1 aliphatic carbocycles. The monoisotopic (exact) mass is 668 g/mol. The van der Waals surface area contributed by atoms with Gasteiger partial charge in [-0.2, -0.15) is 20.0 Å². The van der Waals surface area contributed by atoms with Crippen molar-refractivity contribution in [2.24, 2.45) is 0 Å². The Hall–Kier alpha value is -5.15. The molecule has 2 aromatic carbocycles. The third-order valence-electron chi connectivity index (χ3n) is 8.66. The molecule has 2 aromatic heterocycles. The number of benzene rings is 2. The summed E-state index contributed by atoms with van der Waals surface area (Å²) in [5.74, 6) is 1.42. The molecule has 246 valence electrons. The molecule has 1 saturated carbocycles. The molecule has 4 aromatic rings. The lowest BCUT2D eigenvalue weighted by atomic mass is 10.1. The van der Waals surface area contributed by atoms with Crippen LogP contribution in [0.25, 0.3) is 5.65 Å². The number of aromatic nitrogens is 4. The predicted molar refractivity (Wildman–Crippen MR) is 176 cm³/mol. The van der Waals surface area contributed by atoms with E-state index >= 15 is 0 Å². The van der Waals surface area contributed by atoms with Gasteiger partial charge in [-0.25, -0.2) is 4.98 Å². The Morgan fingerprint density at radius 3 is 2.62 bits per heavy atom. The molecule has 2 aliphatic heterocycles. The molecular formula is C33H33ClN10O4. The van der Waals surface area contributed by atoms with Crippen LogP contribution in [0.3, 0.4) is 0 Å². The van der Waals surface area contributed by atoms with Crippen molar-refractivity contribution in [1.82, 2.24) is 24.5 Å². The average Bonchev–Trinajstić information content (AvgIpc) is 3.90. The van der Waals surface area contributed by atoms with Crippen molar-refractivity contribution >= 4 is 46.3 Å². The number of amides is 1. The van der Waals surface area contributed by atoms with Crippen molar-refractivity contribution in [2.45, 2.75) is 31.5 Å². The molecule has 4 heterocycles. The maximum atomic E-state index is 13.2. The minimum atomic E-state index is -0.673. The molecule has 1 atom stereocenters. The first kappa shape index (κ1) is 31.4. The minimum Gasteiger partial charge on any atom is -0.497 e. The van der Waals surface area contributed by atoms with Gasteiger partial charge in [-0.05, 0) is 42.7 Å². The summed E-state index contributed by atoms with van der Waals surface area (Å²) in [6.45, 7) is 3.68. The Bertz CT molecular complexity index is 1910. The molecule has 7 rings (SSSR count). The summed E-state index contributed by atoms with van der Waals surface area (Å²) in [5.41, 5.74) is 3.12. The summed E-state index contributed by atoms with van der Waals surface area (Å²) in [4.78, 5) is 28.6. The highest BCUT2D eigenvalue weighted by atomic mass is 35.5. The number of rotatable bonds is 9. The Morgan fingerprint density at radius 2 is 1.92 bits per heavy atom. The molecule has 15 heteroatoms. The highest BCUT2D eigenvalue weighted by Crippen LogP contribution is 2.38. The van der Waals surface area contributed by atoms with Gasteiger partial charge in [0, 0.05) is 32.2 Å². The minimum absolute atomic E-state index is 0.0911. The topological polar surface area (TPSA) is 157 Å². The number of carbonyl (C=O) groups excluding carboxylic acids is 1. The molecule has 2 saturated heterocycles. The molecule has 1 amide bonds. The molecule has 14 nitrogen and oxygen atoms in total. The number of morpholine rings is 2. The number of hydrogen-bond donors (Lipinski definition) is 1. The van der Waals surface area contributed by atoms with Gasteiger partial charge in [0.2, 0.25) is 5.95 Å². The van der Waals surface area contributed by atoms with Crippen LogP contribution in [0.2, 0.25) is 5.02 Å². The zero-order valence-electron chi connectivity index (χ0n) is 26.3. The number of nitriles is 2. The van der Waals surface area contributed by atoms with Crippen molar-refractivity contribution in [3.63, 3.8) is 0 Å². The van der Waals surface area contributed by atoms with Gasteiger partial charge in [0.25, 0.3) is 5.91 Å². The van der Waals surface area contributed by atoms with Crippen molar-refractivity contribution < 1.29 is 19.0 Å². The van der Waals surface area contributed by atoms with E-state index in [0.29, 0.717) is 79.4 Å². The van der Waals surface area contributed by atoms with E-state index in [0.717, 1.165) is 24.2 Å². The Kier molecular flexibility index (Phi) is 8.86. The fourth-order valence-corrected chi connectivity index (χ4v) is 6.28. The van der Waals surface area contributed by atoms with Gasteiger partial charge >= 0.3 is 0 Å². The van der Waals surface area contributed by atoms with Crippen molar-refractivity contribution in [2.75, 3.05) is 68.2 Å². The number of fused-ring (bicyclic) bond motifs is 1. The van der Waals surface area contributed by atoms with Crippen LogP contribution in [0.15, 0.2) is 42.6 Å². The SMILES string of the molecule is COc1ccc(CN(c2nc(Nc3cc(C#N)cc(N4CCOC(C(=O)N5CCOCC5)C4)c3Cl)nn3c(C#N)cnc23)C2CC2)cc1. The van der Waals surface area contributed by atoms with Gasteiger partial charge in [0.1, 0.15) is 11.8 Å². The highest BCUT2D eigenvalue weighted by molar-refractivity contribution is 6.36. The van der Waals surface area contributed by atoms with E-state index < -0.39 is 6.10 Å². The summed E-state index contributed by atoms with van der Waals surface area (Å²) >= 11 is 7.03. The van der Waals surface area contributed by atoms with Crippen LogP contribution in [0.4, 0.5) is 23.1 Å². The normalized spacial score (nSPS) is 17.9. The van der Waals surface area contributed by atoms with Gasteiger partial charge in [-0.15, -0.1) is 5.10 Å². The third-order valence-corrected chi connectivity index (χ3v) is 9.06. The Balaban J connectivity index is 1.21. The zero-order chi connectivity index (χ0) is 33.2. The molecule has 1 unspecified atom stereocenters. The first-order valence-electron chi connectivity index (χ1n) is 15.7. The number of methoxy groups -OCH3 is 1. The van der Waals surface area contributed by atoms with E-state index in [4.69, 9.17) is 30.8 Å². The summed E-state index contributed by atoms with van der Waals surface area (Å²) in [6, 6.07) is 15.8. The van der Waals surface area contributed by atoms with Crippen LogP contribution in [-0.2, 0) is 20.8 Å². The van der Waals surface area contributed by atoms with Crippen molar-refractivity contribution in [1.29, 1.82) is 10.5 Å². The molecule has 0 spiro atoms. The maximum absolute atomic E-state index is 13.2. The number of nitrogens with one attached hydrogen (secondary N) is 1. The average molecular weight is 669 g/mol. The van der Waals surface area contributed by atoms with E-state index in [1.807, 2.05) is 29.2 Å². The van der Waals surface area contributed by atoms with Crippen LogP contribution in [0.1, 0.15) is 29.7 Å². The number of halogens is 1. The predicted octanol–water partition coefficient (Wildman–Crippen LogP) is 3.51. The second kappa shape index (κ2) is 13.5. The number of hydrogen-bond acceptors (Lipinski definition) is 12. The lowest BCUT2D eigenvalue weighted by molar-refractivity contribution is -0.148. The van der Waals surface area contributed by atoms with Crippen molar-refractivity contribution in [3.05, 3.63) is 64.4 Å². The Morgan fingerprint density at radius 1 is 1.12 bits per heavy atom. The number of nitrogens with zero attached hydrogens (tertiary/aromatic N) is 9. The van der Waals surface area contributed by atoms with Gasteiger partial charge in [-0.3, -0.25) is 4.79 Å². The highest BCUT2D eigenvalue weighted by Gasteiger charge is 2.34. The summed E-state index contributed by atoms with van der Waals surface area (Å²) in [7, 11) is 1.63. The zero-order valence-corrected chi connectivity index (χ0v) is 27.1. The fourth-order valence-electron chi connectivity index (χ4n) is 6.00. The van der Waals surface area contributed by atoms with E-state index in [-0.39, 0.29) is 30.1 Å². The standard InChI is InChI=1S/C33H33ClN10O4/c1-46-25-6-2-21(3-7-25)19-43(23-4-5-23)31-30-37-18-24(17-36)44(30)40-33(39-31)38-26-14-22(16-35)15-27(29(26)34)42-10-13-48-28(20-42)32(45)41-8-11-47-12-9-41/h2-3,6-7,14-15,18,23,28H,4-5,8-13,19-20H2,1H3,(H,38,40). The molecule has 3 fully saturated rings. The van der Waals surface area contributed by atoms with Crippen LogP contribution in [0, 0.1) is 22.7 Å². The van der Waals surface area contributed by atoms with Gasteiger partial charge in [0.05, 0.1) is 67.7 Å². The molecule has 3 aliphatic rings. The van der Waals surface area contributed by atoms with E-state index in [1.54, 1.807) is 24.1 Å². The summed E-state index contributed by atoms with van der Waals surface area (Å²) in [5, 5.41) is 28.0. The van der Waals surface area contributed by atoms with Gasteiger partial charge < -0.3 is 34.2 Å². The molecular weight excluding hydrogens is 636 g/mol. The van der Waals surface area contributed by atoms with Crippen molar-refractivity contribution in [3.8, 4) is 17.9 Å². The number of imidazole rings is 1. The second-order valence-electron chi connectivity index (χ2n) is 11.8. The molecule has 1 N–H and O–H groups in total. The first-order valence-corrected chi connectivity index (χ1v) is 16.1. The molecule has 0 bridgehead atoms. The van der Waals surface area contributed by atoms with Crippen LogP contribution in [-0.4, -0.2) is 95.6 Å². The second-order valence-corrected chi connectivity index (χ2v) is 12.2. The van der Waals surface area contributed by atoms with E-state index in [9.17, 15) is 15.3 Å². The quantitative estimate of drug-likeness (QED) is 0.277. The number of carbonyl (C=O) groups is 1. The summed E-state index contributed by atoms with van der Waals surface area (Å²) in [6.07, 6.45) is 2.79. The first-order chi connectivity index (χ1) is 23.4. The van der Waals surface area contributed by atoms with E-state index in [2.05, 4.69) is 32.4 Å². The van der Waals surface area contributed by atoms with Gasteiger partial charge in [0.15, 0.2) is 23.3 Å². The number of ether oxygens (including phenoxy) is 3. The fraction of sp³-hybridized carbons (Fsp3) is 0.394. The van der Waals surface area contributed by atoms with Crippen LogP contribution in [0.5, 0.6) is 5.75 Å². The maximum Gasteiger partial charge on any atom is 0.253 e. The van der Waals surface area contributed by atoms with Crippen LogP contribution < -0.4 is 19.9 Å². The largest absolute Gasteiger partial charge is 0.497 e. The third kappa shape index (κ3) is 6.38. The molecule has 0 radical (unpaired) electrons. The number of anilines is 4.